The number of rotatable bonds is 9. The number of aromatic nitrogens is 1. The molecule has 0 radical (unpaired) electrons. The number of nitrogens with zero attached hydrogens (tertiary/aromatic N) is 2. The van der Waals surface area contributed by atoms with Crippen molar-refractivity contribution in [3.63, 3.8) is 0 Å². The Bertz CT molecular complexity index is 1080. The first kappa shape index (κ1) is 22.5. The van der Waals surface area contributed by atoms with Crippen LogP contribution in [0.4, 0.5) is 17.1 Å². The van der Waals surface area contributed by atoms with E-state index in [1.165, 1.54) is 25.9 Å². The van der Waals surface area contributed by atoms with Crippen LogP contribution in [0.15, 0.2) is 73.1 Å². The van der Waals surface area contributed by atoms with Crippen molar-refractivity contribution >= 4 is 28.9 Å². The number of nitrogens with one attached hydrogen (secondary N) is 3. The summed E-state index contributed by atoms with van der Waals surface area (Å²) in [7, 11) is 0. The van der Waals surface area contributed by atoms with Gasteiger partial charge in [-0.2, -0.15) is 0 Å². The van der Waals surface area contributed by atoms with Gasteiger partial charge in [0.05, 0.1) is 0 Å². The van der Waals surface area contributed by atoms with Gasteiger partial charge >= 0.3 is 0 Å². The molecule has 1 aromatic heterocycles. The molecule has 4 rings (SSSR count). The average molecular weight is 444 g/mol. The van der Waals surface area contributed by atoms with Gasteiger partial charge in [0, 0.05) is 47.1 Å². The summed E-state index contributed by atoms with van der Waals surface area (Å²) in [5, 5.41) is 9.15. The van der Waals surface area contributed by atoms with Crippen molar-refractivity contribution in [1.82, 2.24) is 15.2 Å². The van der Waals surface area contributed by atoms with Gasteiger partial charge in [0.25, 0.3) is 11.8 Å². The first-order valence-corrected chi connectivity index (χ1v) is 11.4. The van der Waals surface area contributed by atoms with Crippen LogP contribution in [0.5, 0.6) is 0 Å². The molecule has 2 aromatic carbocycles. The second kappa shape index (κ2) is 11.2. The van der Waals surface area contributed by atoms with E-state index >= 15 is 0 Å². The van der Waals surface area contributed by atoms with E-state index in [2.05, 4.69) is 25.8 Å². The lowest BCUT2D eigenvalue weighted by molar-refractivity contribution is 0.0951. The van der Waals surface area contributed by atoms with E-state index in [4.69, 9.17) is 0 Å². The van der Waals surface area contributed by atoms with Crippen LogP contribution in [0, 0.1) is 0 Å². The fourth-order valence-electron chi connectivity index (χ4n) is 3.89. The molecular weight excluding hydrogens is 414 g/mol. The number of amides is 2. The Balaban J connectivity index is 1.32. The minimum Gasteiger partial charge on any atom is -0.355 e. The normalized spacial score (nSPS) is 13.5. The molecule has 1 aliphatic rings. The number of benzene rings is 2. The van der Waals surface area contributed by atoms with Gasteiger partial charge in [-0.1, -0.05) is 12.1 Å². The maximum Gasteiger partial charge on any atom is 0.255 e. The Morgan fingerprint density at radius 3 is 2.12 bits per heavy atom. The van der Waals surface area contributed by atoms with E-state index in [0.717, 1.165) is 24.3 Å². The van der Waals surface area contributed by atoms with Crippen LogP contribution in [0.1, 0.15) is 40.0 Å². The minimum atomic E-state index is -0.202. The van der Waals surface area contributed by atoms with Gasteiger partial charge in [0.1, 0.15) is 0 Å². The molecule has 1 aliphatic heterocycles. The monoisotopic (exact) mass is 443 g/mol. The van der Waals surface area contributed by atoms with Crippen LogP contribution < -0.4 is 16.0 Å². The van der Waals surface area contributed by atoms with Gasteiger partial charge in [-0.3, -0.25) is 14.6 Å². The standard InChI is InChI=1S/C26H29N5O2/c32-25(28-12-5-17-31-15-1-2-16-31)20-6-3-8-23(18-20)29-24-9-4-7-21(19-24)26(33)30-22-10-13-27-14-11-22/h3-4,6-11,13-14,18-19,29H,1-2,5,12,15-17H2,(H,28,32)(H,27,30,33). The Morgan fingerprint density at radius 2 is 1.45 bits per heavy atom. The smallest absolute Gasteiger partial charge is 0.255 e. The fourth-order valence-corrected chi connectivity index (χ4v) is 3.89. The molecule has 1 fully saturated rings. The first-order chi connectivity index (χ1) is 16.2. The molecule has 7 heteroatoms. The van der Waals surface area contributed by atoms with Gasteiger partial charge in [0.15, 0.2) is 0 Å². The first-order valence-electron chi connectivity index (χ1n) is 11.4. The maximum absolute atomic E-state index is 12.6. The van der Waals surface area contributed by atoms with E-state index in [1.807, 2.05) is 30.3 Å². The molecule has 0 saturated carbocycles. The van der Waals surface area contributed by atoms with Crippen molar-refractivity contribution in [2.75, 3.05) is 36.8 Å². The highest BCUT2D eigenvalue weighted by Crippen LogP contribution is 2.20. The molecule has 0 atom stereocenters. The molecule has 0 bridgehead atoms. The van der Waals surface area contributed by atoms with E-state index in [-0.39, 0.29) is 11.8 Å². The number of carbonyl (C=O) groups is 2. The SMILES string of the molecule is O=C(NCCCN1CCCC1)c1cccc(Nc2cccc(C(=O)Nc3ccncc3)c2)c1. The van der Waals surface area contributed by atoms with Crippen LogP contribution in [0.2, 0.25) is 0 Å². The summed E-state index contributed by atoms with van der Waals surface area (Å²) in [6.07, 6.45) is 6.78. The Labute approximate surface area is 194 Å². The highest BCUT2D eigenvalue weighted by molar-refractivity contribution is 6.04. The topological polar surface area (TPSA) is 86.4 Å². The zero-order valence-corrected chi connectivity index (χ0v) is 18.6. The van der Waals surface area contributed by atoms with Crippen molar-refractivity contribution in [2.45, 2.75) is 19.3 Å². The van der Waals surface area contributed by atoms with Crippen molar-refractivity contribution in [2.24, 2.45) is 0 Å². The third kappa shape index (κ3) is 6.63. The predicted octanol–water partition coefficient (Wildman–Crippen LogP) is 4.29. The molecule has 0 unspecified atom stereocenters. The molecular formula is C26H29N5O2. The zero-order chi connectivity index (χ0) is 22.9. The number of carbonyl (C=O) groups excluding carboxylic acids is 2. The molecule has 1 saturated heterocycles. The number of hydrogen-bond donors (Lipinski definition) is 3. The lowest BCUT2D eigenvalue weighted by atomic mass is 10.1. The molecule has 170 valence electrons. The van der Waals surface area contributed by atoms with Crippen LogP contribution in [-0.4, -0.2) is 47.9 Å². The largest absolute Gasteiger partial charge is 0.355 e. The van der Waals surface area contributed by atoms with Gasteiger partial charge < -0.3 is 20.9 Å². The Morgan fingerprint density at radius 1 is 0.818 bits per heavy atom. The van der Waals surface area contributed by atoms with Gasteiger partial charge in [-0.05, 0) is 87.4 Å². The summed E-state index contributed by atoms with van der Waals surface area (Å²) in [5.41, 5.74) is 3.37. The number of anilines is 3. The quantitative estimate of drug-likeness (QED) is 0.430. The molecule has 2 heterocycles. The third-order valence-corrected chi connectivity index (χ3v) is 5.61. The third-order valence-electron chi connectivity index (χ3n) is 5.61. The average Bonchev–Trinajstić information content (AvgIpc) is 3.36. The van der Waals surface area contributed by atoms with Gasteiger partial charge in [-0.15, -0.1) is 0 Å². The summed E-state index contributed by atoms with van der Waals surface area (Å²) in [5.74, 6) is -0.280. The van der Waals surface area contributed by atoms with Gasteiger partial charge in [0.2, 0.25) is 0 Å². The Kier molecular flexibility index (Phi) is 7.66. The predicted molar refractivity (Wildman–Crippen MR) is 131 cm³/mol. The number of likely N-dealkylation sites (tertiary alicyclic amines) is 1. The van der Waals surface area contributed by atoms with Crippen molar-refractivity contribution < 1.29 is 9.59 Å². The lowest BCUT2D eigenvalue weighted by Crippen LogP contribution is -2.28. The highest BCUT2D eigenvalue weighted by atomic mass is 16.2. The van der Waals surface area contributed by atoms with E-state index in [1.54, 1.807) is 42.7 Å². The second-order valence-electron chi connectivity index (χ2n) is 8.13. The Hall–Kier alpha value is -3.71. The lowest BCUT2D eigenvalue weighted by Gasteiger charge is -2.14. The van der Waals surface area contributed by atoms with Gasteiger partial charge in [-0.25, -0.2) is 0 Å². The number of hydrogen-bond acceptors (Lipinski definition) is 5. The van der Waals surface area contributed by atoms with Crippen LogP contribution in [0.3, 0.4) is 0 Å². The summed E-state index contributed by atoms with van der Waals surface area (Å²) >= 11 is 0. The summed E-state index contributed by atoms with van der Waals surface area (Å²) in [6, 6.07) is 18.1. The maximum atomic E-state index is 12.6. The van der Waals surface area contributed by atoms with E-state index in [9.17, 15) is 9.59 Å². The molecule has 33 heavy (non-hydrogen) atoms. The van der Waals surface area contributed by atoms with Crippen molar-refractivity contribution in [1.29, 1.82) is 0 Å². The molecule has 3 N–H and O–H groups in total. The fraction of sp³-hybridized carbons (Fsp3) is 0.269. The molecule has 0 aliphatic carbocycles. The minimum absolute atomic E-state index is 0.0782. The molecule has 3 aromatic rings. The summed E-state index contributed by atoms with van der Waals surface area (Å²) in [6.45, 7) is 4.05. The molecule has 0 spiro atoms. The van der Waals surface area contributed by atoms with Crippen molar-refractivity contribution in [3.05, 3.63) is 84.2 Å². The number of pyridine rings is 1. The van der Waals surface area contributed by atoms with Crippen LogP contribution >= 0.6 is 0 Å². The van der Waals surface area contributed by atoms with E-state index in [0.29, 0.717) is 23.4 Å². The second-order valence-corrected chi connectivity index (χ2v) is 8.13. The van der Waals surface area contributed by atoms with E-state index < -0.39 is 0 Å². The zero-order valence-electron chi connectivity index (χ0n) is 18.6. The van der Waals surface area contributed by atoms with Crippen LogP contribution in [-0.2, 0) is 0 Å². The highest BCUT2D eigenvalue weighted by Gasteiger charge is 2.11. The molecule has 7 nitrogen and oxygen atoms in total. The summed E-state index contributed by atoms with van der Waals surface area (Å²) < 4.78 is 0. The summed E-state index contributed by atoms with van der Waals surface area (Å²) in [4.78, 5) is 31.5. The van der Waals surface area contributed by atoms with Crippen molar-refractivity contribution in [3.8, 4) is 0 Å². The molecule has 2 amide bonds. The van der Waals surface area contributed by atoms with Crippen LogP contribution in [0.25, 0.3) is 0 Å².